The van der Waals surface area contributed by atoms with Gasteiger partial charge in [-0.25, -0.2) is 17.8 Å². The Hall–Kier alpha value is -2.55. The minimum atomic E-state index is -3.61. The van der Waals surface area contributed by atoms with Gasteiger partial charge in [-0.3, -0.25) is 0 Å². The van der Waals surface area contributed by atoms with E-state index in [1.54, 1.807) is 47.3 Å². The molecular weight excluding hydrogens is 390 g/mol. The zero-order valence-corrected chi connectivity index (χ0v) is 15.9. The monoisotopic (exact) mass is 405 g/mol. The summed E-state index contributed by atoms with van der Waals surface area (Å²) in [5, 5.41) is 4.90. The van der Waals surface area contributed by atoms with E-state index in [9.17, 15) is 8.42 Å². The number of halogens is 1. The SMILES string of the molecule is CNS(=O)(=O)c1ccc(Oc2ccc(Cl)cc2)c(-c2cnn3c2OCC3)c1. The van der Waals surface area contributed by atoms with Crippen molar-refractivity contribution in [2.75, 3.05) is 13.7 Å². The normalized spacial score (nSPS) is 13.3. The Kier molecular flexibility index (Phi) is 4.55. The number of aromatic nitrogens is 2. The summed E-state index contributed by atoms with van der Waals surface area (Å²) < 4.78 is 40.2. The number of fused-ring (bicyclic) bond motifs is 1. The van der Waals surface area contributed by atoms with Crippen LogP contribution in [0.15, 0.2) is 53.6 Å². The highest BCUT2D eigenvalue weighted by Crippen LogP contribution is 2.40. The molecule has 0 saturated heterocycles. The molecular formula is C18H16ClN3O4S. The van der Waals surface area contributed by atoms with Gasteiger partial charge in [0.15, 0.2) is 0 Å². The number of hydrogen-bond acceptors (Lipinski definition) is 5. The number of ether oxygens (including phenoxy) is 2. The molecule has 1 aliphatic heterocycles. The number of benzene rings is 2. The van der Waals surface area contributed by atoms with Gasteiger partial charge in [0, 0.05) is 10.6 Å². The summed E-state index contributed by atoms with van der Waals surface area (Å²) >= 11 is 5.92. The summed E-state index contributed by atoms with van der Waals surface area (Å²) in [4.78, 5) is 0.126. The smallest absolute Gasteiger partial charge is 0.240 e. The van der Waals surface area contributed by atoms with Crippen LogP contribution >= 0.6 is 11.6 Å². The molecule has 0 spiro atoms. The zero-order chi connectivity index (χ0) is 19.0. The molecule has 0 amide bonds. The molecule has 4 rings (SSSR count). The fraction of sp³-hybridized carbons (Fsp3) is 0.167. The Morgan fingerprint density at radius 3 is 2.70 bits per heavy atom. The van der Waals surface area contributed by atoms with Gasteiger partial charge in [-0.2, -0.15) is 5.10 Å². The molecule has 0 aliphatic carbocycles. The lowest BCUT2D eigenvalue weighted by atomic mass is 10.1. The van der Waals surface area contributed by atoms with Gasteiger partial charge in [-0.1, -0.05) is 11.6 Å². The van der Waals surface area contributed by atoms with Crippen molar-refractivity contribution in [2.24, 2.45) is 0 Å². The highest BCUT2D eigenvalue weighted by molar-refractivity contribution is 7.89. The molecule has 0 bridgehead atoms. The van der Waals surface area contributed by atoms with Gasteiger partial charge in [-0.05, 0) is 49.5 Å². The van der Waals surface area contributed by atoms with Crippen LogP contribution in [-0.4, -0.2) is 31.9 Å². The van der Waals surface area contributed by atoms with E-state index >= 15 is 0 Å². The molecule has 2 heterocycles. The van der Waals surface area contributed by atoms with E-state index in [0.717, 1.165) is 0 Å². The number of rotatable bonds is 5. The van der Waals surface area contributed by atoms with Crippen LogP contribution in [0.2, 0.25) is 5.02 Å². The Balaban J connectivity index is 1.83. The predicted molar refractivity (Wildman–Crippen MR) is 101 cm³/mol. The van der Waals surface area contributed by atoms with Crippen LogP contribution in [0.25, 0.3) is 11.1 Å². The fourth-order valence-electron chi connectivity index (χ4n) is 2.82. The molecule has 7 nitrogen and oxygen atoms in total. The van der Waals surface area contributed by atoms with Crippen molar-refractivity contribution in [3.63, 3.8) is 0 Å². The third kappa shape index (κ3) is 3.39. The first kappa shape index (κ1) is 17.8. The lowest BCUT2D eigenvalue weighted by Gasteiger charge is -2.13. The van der Waals surface area contributed by atoms with Crippen molar-refractivity contribution in [3.05, 3.63) is 53.7 Å². The Bertz CT molecular complexity index is 1090. The average Bonchev–Trinajstić information content (AvgIpc) is 3.27. The first-order valence-corrected chi connectivity index (χ1v) is 10.0. The second kappa shape index (κ2) is 6.88. The first-order chi connectivity index (χ1) is 13.0. The maximum atomic E-state index is 12.2. The molecule has 0 unspecified atom stereocenters. The molecule has 1 aliphatic rings. The Morgan fingerprint density at radius 1 is 1.19 bits per heavy atom. The minimum Gasteiger partial charge on any atom is -0.475 e. The van der Waals surface area contributed by atoms with E-state index in [2.05, 4.69) is 9.82 Å². The highest BCUT2D eigenvalue weighted by atomic mass is 35.5. The molecule has 0 saturated carbocycles. The van der Waals surface area contributed by atoms with Crippen LogP contribution in [0.1, 0.15) is 0 Å². The molecule has 9 heteroatoms. The highest BCUT2D eigenvalue weighted by Gasteiger charge is 2.24. The van der Waals surface area contributed by atoms with E-state index in [0.29, 0.717) is 46.7 Å². The minimum absolute atomic E-state index is 0.126. The van der Waals surface area contributed by atoms with E-state index in [4.69, 9.17) is 21.1 Å². The molecule has 3 aromatic rings. The predicted octanol–water partition coefficient (Wildman–Crippen LogP) is 3.30. The number of nitrogens with one attached hydrogen (secondary N) is 1. The number of hydrogen-bond donors (Lipinski definition) is 1. The van der Waals surface area contributed by atoms with Crippen molar-refractivity contribution in [1.29, 1.82) is 0 Å². The lowest BCUT2D eigenvalue weighted by Crippen LogP contribution is -2.18. The largest absolute Gasteiger partial charge is 0.475 e. The maximum absolute atomic E-state index is 12.2. The third-order valence-electron chi connectivity index (χ3n) is 4.19. The summed E-state index contributed by atoms with van der Waals surface area (Å²) in [6.45, 7) is 1.18. The van der Waals surface area contributed by atoms with Gasteiger partial charge < -0.3 is 9.47 Å². The van der Waals surface area contributed by atoms with Gasteiger partial charge in [0.2, 0.25) is 15.9 Å². The summed E-state index contributed by atoms with van der Waals surface area (Å²) in [6.07, 6.45) is 1.65. The summed E-state index contributed by atoms with van der Waals surface area (Å²) in [5.41, 5.74) is 1.24. The van der Waals surface area contributed by atoms with Gasteiger partial charge in [-0.15, -0.1) is 0 Å². The van der Waals surface area contributed by atoms with Gasteiger partial charge in [0.25, 0.3) is 0 Å². The fourth-order valence-corrected chi connectivity index (χ4v) is 3.70. The number of sulfonamides is 1. The van der Waals surface area contributed by atoms with Crippen LogP contribution in [0.3, 0.4) is 0 Å². The quantitative estimate of drug-likeness (QED) is 0.704. The van der Waals surface area contributed by atoms with Crippen molar-refractivity contribution in [3.8, 4) is 28.5 Å². The van der Waals surface area contributed by atoms with Gasteiger partial charge in [0.1, 0.15) is 18.1 Å². The van der Waals surface area contributed by atoms with E-state index in [1.807, 2.05) is 0 Å². The second-order valence-corrected chi connectivity index (χ2v) is 8.18. The van der Waals surface area contributed by atoms with E-state index < -0.39 is 10.0 Å². The van der Waals surface area contributed by atoms with Crippen molar-refractivity contribution < 1.29 is 17.9 Å². The van der Waals surface area contributed by atoms with Gasteiger partial charge >= 0.3 is 0 Å². The second-order valence-electron chi connectivity index (χ2n) is 5.86. The molecule has 0 fully saturated rings. The zero-order valence-electron chi connectivity index (χ0n) is 14.3. The van der Waals surface area contributed by atoms with Crippen molar-refractivity contribution in [2.45, 2.75) is 11.4 Å². The molecule has 1 aromatic heterocycles. The van der Waals surface area contributed by atoms with Gasteiger partial charge in [0.05, 0.1) is 23.2 Å². The third-order valence-corrected chi connectivity index (χ3v) is 5.86. The van der Waals surface area contributed by atoms with Crippen LogP contribution in [0, 0.1) is 0 Å². The molecule has 1 N–H and O–H groups in total. The maximum Gasteiger partial charge on any atom is 0.240 e. The average molecular weight is 406 g/mol. The molecule has 27 heavy (non-hydrogen) atoms. The number of nitrogens with zero attached hydrogens (tertiary/aromatic N) is 2. The summed E-state index contributed by atoms with van der Waals surface area (Å²) in [5.74, 6) is 1.66. The van der Waals surface area contributed by atoms with Crippen LogP contribution < -0.4 is 14.2 Å². The molecule has 0 radical (unpaired) electrons. The summed E-state index contributed by atoms with van der Waals surface area (Å²) in [6, 6.07) is 11.6. The lowest BCUT2D eigenvalue weighted by molar-refractivity contribution is 0.358. The van der Waals surface area contributed by atoms with Crippen LogP contribution in [0.4, 0.5) is 0 Å². The standard InChI is InChI=1S/C18H16ClN3O4S/c1-20-27(23,24)14-6-7-17(26-13-4-2-12(19)3-5-13)15(10-14)16-11-21-22-8-9-25-18(16)22/h2-7,10-11,20H,8-9H2,1H3. The first-order valence-electron chi connectivity index (χ1n) is 8.18. The van der Waals surface area contributed by atoms with Crippen molar-refractivity contribution in [1.82, 2.24) is 14.5 Å². The molecule has 0 atom stereocenters. The van der Waals surface area contributed by atoms with E-state index in [1.165, 1.54) is 13.1 Å². The Morgan fingerprint density at radius 2 is 1.96 bits per heavy atom. The Labute approximate surface area is 161 Å². The van der Waals surface area contributed by atoms with Crippen molar-refractivity contribution >= 4 is 21.6 Å². The topological polar surface area (TPSA) is 82.5 Å². The van der Waals surface area contributed by atoms with E-state index in [-0.39, 0.29) is 4.90 Å². The molecule has 140 valence electrons. The summed E-state index contributed by atoms with van der Waals surface area (Å²) in [7, 11) is -2.24. The van der Waals surface area contributed by atoms with Crippen LogP contribution in [-0.2, 0) is 16.6 Å². The van der Waals surface area contributed by atoms with Crippen LogP contribution in [0.5, 0.6) is 17.4 Å². The molecule has 2 aromatic carbocycles.